The molecule has 1 aromatic carbocycles. The van der Waals surface area contributed by atoms with Gasteiger partial charge in [0.1, 0.15) is 18.4 Å². The molecule has 4 nitrogen and oxygen atoms in total. The molecule has 1 aliphatic heterocycles. The maximum Gasteiger partial charge on any atom is 0.189 e. The highest BCUT2D eigenvalue weighted by Gasteiger charge is 2.26. The van der Waals surface area contributed by atoms with Gasteiger partial charge in [0, 0.05) is 16.6 Å². The minimum absolute atomic E-state index is 0.120. The van der Waals surface area contributed by atoms with Crippen molar-refractivity contribution >= 4 is 17.6 Å². The van der Waals surface area contributed by atoms with Crippen molar-refractivity contribution in [2.45, 2.75) is 32.4 Å². The second-order valence-corrected chi connectivity index (χ2v) is 4.85. The molecule has 0 aliphatic carbocycles. The Morgan fingerprint density at radius 2 is 2.44 bits per heavy atom. The van der Waals surface area contributed by atoms with Crippen LogP contribution in [0, 0.1) is 0 Å². The van der Waals surface area contributed by atoms with E-state index in [4.69, 9.17) is 22.1 Å². The SMILES string of the molecule is CCC(C)NC(N)=NC1COc2cccc(Cl)c21. The van der Waals surface area contributed by atoms with Gasteiger partial charge in [-0.15, -0.1) is 0 Å². The number of aliphatic imine (C=N–C) groups is 1. The molecule has 18 heavy (non-hydrogen) atoms. The summed E-state index contributed by atoms with van der Waals surface area (Å²) in [7, 11) is 0. The Bertz CT molecular complexity index is 462. The summed E-state index contributed by atoms with van der Waals surface area (Å²) >= 11 is 6.17. The van der Waals surface area contributed by atoms with Crippen molar-refractivity contribution in [1.29, 1.82) is 0 Å². The zero-order valence-corrected chi connectivity index (χ0v) is 11.4. The summed E-state index contributed by atoms with van der Waals surface area (Å²) in [5.74, 6) is 1.23. The minimum Gasteiger partial charge on any atom is -0.491 e. The summed E-state index contributed by atoms with van der Waals surface area (Å²) in [6, 6.07) is 5.80. The van der Waals surface area contributed by atoms with Crippen LogP contribution in [0.1, 0.15) is 31.9 Å². The molecular formula is C13H18ClN3O. The fraction of sp³-hybridized carbons (Fsp3) is 0.462. The molecule has 98 valence electrons. The molecule has 1 aromatic rings. The molecule has 0 radical (unpaired) electrons. The van der Waals surface area contributed by atoms with Gasteiger partial charge < -0.3 is 15.8 Å². The van der Waals surface area contributed by atoms with E-state index in [1.165, 1.54) is 0 Å². The van der Waals surface area contributed by atoms with E-state index in [0.717, 1.165) is 17.7 Å². The molecule has 2 rings (SSSR count). The van der Waals surface area contributed by atoms with Crippen LogP contribution in [-0.4, -0.2) is 18.6 Å². The van der Waals surface area contributed by atoms with Crippen LogP contribution in [0.2, 0.25) is 5.02 Å². The Morgan fingerprint density at radius 1 is 1.67 bits per heavy atom. The Morgan fingerprint density at radius 3 is 3.17 bits per heavy atom. The third kappa shape index (κ3) is 2.70. The Labute approximate surface area is 112 Å². The summed E-state index contributed by atoms with van der Waals surface area (Å²) in [4.78, 5) is 4.44. The standard InChI is InChI=1S/C13H18ClN3O/c1-3-8(2)16-13(15)17-10-7-18-11-6-4-5-9(14)12(10)11/h4-6,8,10H,3,7H2,1-2H3,(H3,15,16,17). The predicted octanol–water partition coefficient (Wildman–Crippen LogP) is 2.48. The fourth-order valence-electron chi connectivity index (χ4n) is 1.88. The van der Waals surface area contributed by atoms with Gasteiger partial charge >= 0.3 is 0 Å². The Balaban J connectivity index is 2.16. The lowest BCUT2D eigenvalue weighted by Gasteiger charge is -2.13. The smallest absolute Gasteiger partial charge is 0.189 e. The highest BCUT2D eigenvalue weighted by Crippen LogP contribution is 2.39. The van der Waals surface area contributed by atoms with Gasteiger partial charge in [0.2, 0.25) is 0 Å². The first kappa shape index (κ1) is 13.0. The molecule has 0 fully saturated rings. The van der Waals surface area contributed by atoms with Crippen LogP contribution in [-0.2, 0) is 0 Å². The molecular weight excluding hydrogens is 250 g/mol. The minimum atomic E-state index is -0.120. The third-order valence-electron chi connectivity index (χ3n) is 3.04. The van der Waals surface area contributed by atoms with Crippen molar-refractivity contribution in [3.8, 4) is 5.75 Å². The first-order valence-corrected chi connectivity index (χ1v) is 6.50. The number of hydrogen-bond donors (Lipinski definition) is 2. The van der Waals surface area contributed by atoms with E-state index in [0.29, 0.717) is 23.6 Å². The van der Waals surface area contributed by atoms with E-state index in [-0.39, 0.29) is 6.04 Å². The van der Waals surface area contributed by atoms with Gasteiger partial charge in [0.05, 0.1) is 0 Å². The van der Waals surface area contributed by atoms with Gasteiger partial charge in [-0.3, -0.25) is 0 Å². The number of nitrogens with two attached hydrogens (primary N) is 1. The molecule has 3 N–H and O–H groups in total. The lowest BCUT2D eigenvalue weighted by atomic mass is 10.1. The Kier molecular flexibility index (Phi) is 3.97. The predicted molar refractivity (Wildman–Crippen MR) is 74.2 cm³/mol. The number of ether oxygens (including phenoxy) is 1. The number of nitrogens with zero attached hydrogens (tertiary/aromatic N) is 1. The third-order valence-corrected chi connectivity index (χ3v) is 3.37. The molecule has 2 unspecified atom stereocenters. The largest absolute Gasteiger partial charge is 0.491 e. The first-order chi connectivity index (χ1) is 8.61. The van der Waals surface area contributed by atoms with Crippen LogP contribution in [0.3, 0.4) is 0 Å². The van der Waals surface area contributed by atoms with Crippen LogP contribution in [0.5, 0.6) is 5.75 Å². The van der Waals surface area contributed by atoms with Gasteiger partial charge in [0.15, 0.2) is 5.96 Å². The maximum atomic E-state index is 6.17. The number of guanidine groups is 1. The van der Waals surface area contributed by atoms with Crippen LogP contribution < -0.4 is 15.8 Å². The summed E-state index contributed by atoms with van der Waals surface area (Å²) in [5.41, 5.74) is 6.80. The quantitative estimate of drug-likeness (QED) is 0.653. The number of nitrogens with one attached hydrogen (secondary N) is 1. The van der Waals surface area contributed by atoms with Crippen LogP contribution in [0.25, 0.3) is 0 Å². The van der Waals surface area contributed by atoms with Gasteiger partial charge in [-0.25, -0.2) is 4.99 Å². The summed E-state index contributed by atoms with van der Waals surface area (Å²) in [6.07, 6.45) is 0.995. The van der Waals surface area contributed by atoms with Gasteiger partial charge in [-0.1, -0.05) is 24.6 Å². The molecule has 2 atom stereocenters. The molecule has 0 amide bonds. The number of halogens is 1. The van der Waals surface area contributed by atoms with Gasteiger partial charge in [-0.2, -0.15) is 0 Å². The highest BCUT2D eigenvalue weighted by molar-refractivity contribution is 6.31. The van der Waals surface area contributed by atoms with E-state index >= 15 is 0 Å². The van der Waals surface area contributed by atoms with Crippen molar-refractivity contribution in [2.24, 2.45) is 10.7 Å². The molecule has 0 saturated heterocycles. The zero-order chi connectivity index (χ0) is 13.1. The van der Waals surface area contributed by atoms with E-state index < -0.39 is 0 Å². The van der Waals surface area contributed by atoms with Crippen LogP contribution in [0.15, 0.2) is 23.2 Å². The molecule has 0 saturated carbocycles. The second-order valence-electron chi connectivity index (χ2n) is 4.45. The van der Waals surface area contributed by atoms with Gasteiger partial charge in [0.25, 0.3) is 0 Å². The number of hydrogen-bond acceptors (Lipinski definition) is 2. The van der Waals surface area contributed by atoms with Crippen molar-refractivity contribution in [2.75, 3.05) is 6.61 Å². The van der Waals surface area contributed by atoms with Gasteiger partial charge in [-0.05, 0) is 25.5 Å². The van der Waals surface area contributed by atoms with E-state index in [1.54, 1.807) is 0 Å². The first-order valence-electron chi connectivity index (χ1n) is 6.12. The lowest BCUT2D eigenvalue weighted by molar-refractivity contribution is 0.333. The maximum absolute atomic E-state index is 6.17. The fourth-order valence-corrected chi connectivity index (χ4v) is 2.17. The molecule has 5 heteroatoms. The average Bonchev–Trinajstić information content (AvgIpc) is 2.73. The molecule has 1 heterocycles. The van der Waals surface area contributed by atoms with E-state index in [9.17, 15) is 0 Å². The Hall–Kier alpha value is -1.42. The zero-order valence-electron chi connectivity index (χ0n) is 10.6. The molecule has 0 bridgehead atoms. The molecule has 1 aliphatic rings. The second kappa shape index (κ2) is 5.48. The molecule has 0 spiro atoms. The normalized spacial score (nSPS) is 20.2. The van der Waals surface area contributed by atoms with Crippen molar-refractivity contribution in [3.05, 3.63) is 28.8 Å². The highest BCUT2D eigenvalue weighted by atomic mass is 35.5. The lowest BCUT2D eigenvalue weighted by Crippen LogP contribution is -2.38. The van der Waals surface area contributed by atoms with E-state index in [2.05, 4.69) is 24.2 Å². The number of fused-ring (bicyclic) bond motifs is 1. The average molecular weight is 268 g/mol. The van der Waals surface area contributed by atoms with Crippen LogP contribution in [0.4, 0.5) is 0 Å². The van der Waals surface area contributed by atoms with Crippen LogP contribution >= 0.6 is 11.6 Å². The number of benzene rings is 1. The summed E-state index contributed by atoms with van der Waals surface area (Å²) < 4.78 is 5.55. The van der Waals surface area contributed by atoms with Crippen molar-refractivity contribution in [3.63, 3.8) is 0 Å². The monoisotopic (exact) mass is 267 g/mol. The number of rotatable bonds is 3. The van der Waals surface area contributed by atoms with E-state index in [1.807, 2.05) is 18.2 Å². The molecule has 0 aromatic heterocycles. The summed E-state index contributed by atoms with van der Waals surface area (Å²) in [6.45, 7) is 4.65. The summed E-state index contributed by atoms with van der Waals surface area (Å²) in [5, 5.41) is 3.81. The topological polar surface area (TPSA) is 59.6 Å². The van der Waals surface area contributed by atoms with Crippen molar-refractivity contribution < 1.29 is 4.74 Å². The van der Waals surface area contributed by atoms with Crippen molar-refractivity contribution in [1.82, 2.24) is 5.32 Å².